The van der Waals surface area contributed by atoms with E-state index in [2.05, 4.69) is 18.7 Å². The van der Waals surface area contributed by atoms with Crippen LogP contribution in [0.2, 0.25) is 0 Å². The van der Waals surface area contributed by atoms with E-state index in [-0.39, 0.29) is 0 Å². The fourth-order valence-corrected chi connectivity index (χ4v) is 2.26. The number of carboxylic acid groups (broad SMARTS) is 1. The van der Waals surface area contributed by atoms with Gasteiger partial charge in [0.2, 0.25) is 0 Å². The van der Waals surface area contributed by atoms with Crippen molar-refractivity contribution in [1.82, 2.24) is 4.90 Å². The maximum absolute atomic E-state index is 10.9. The Morgan fingerprint density at radius 2 is 2.27 bits per heavy atom. The van der Waals surface area contributed by atoms with Gasteiger partial charge in [-0.1, -0.05) is 6.92 Å². The lowest BCUT2D eigenvalue weighted by Crippen LogP contribution is -2.40. The number of likely N-dealkylation sites (tertiary alicyclic amines) is 1. The molecule has 0 aromatic rings. The standard InChI is InChI=1S/C11H21NO3/c1-4-15-10(11(13)14)7-12-6-8(2)5-9(12)3/h8-10H,4-7H2,1-3H3,(H,13,14). The summed E-state index contributed by atoms with van der Waals surface area (Å²) in [6, 6.07) is 0.474. The summed E-state index contributed by atoms with van der Waals surface area (Å²) in [5.41, 5.74) is 0. The van der Waals surface area contributed by atoms with Crippen LogP contribution in [0.4, 0.5) is 0 Å². The van der Waals surface area contributed by atoms with Crippen molar-refractivity contribution in [3.63, 3.8) is 0 Å². The molecule has 4 heteroatoms. The van der Waals surface area contributed by atoms with E-state index in [9.17, 15) is 4.79 Å². The second kappa shape index (κ2) is 5.47. The summed E-state index contributed by atoms with van der Waals surface area (Å²) in [6.45, 7) is 8.12. The predicted octanol–water partition coefficient (Wildman–Crippen LogP) is 1.21. The normalized spacial score (nSPS) is 29.3. The fourth-order valence-electron chi connectivity index (χ4n) is 2.26. The Labute approximate surface area is 91.2 Å². The number of aliphatic carboxylic acids is 1. The SMILES string of the molecule is CCOC(CN1CC(C)CC1C)C(=O)O. The van der Waals surface area contributed by atoms with Crippen molar-refractivity contribution in [2.75, 3.05) is 19.7 Å². The van der Waals surface area contributed by atoms with Gasteiger partial charge in [0.15, 0.2) is 6.10 Å². The van der Waals surface area contributed by atoms with Crippen molar-refractivity contribution in [2.24, 2.45) is 5.92 Å². The second-order valence-corrected chi connectivity index (χ2v) is 4.43. The summed E-state index contributed by atoms with van der Waals surface area (Å²) < 4.78 is 5.21. The van der Waals surface area contributed by atoms with Crippen LogP contribution >= 0.6 is 0 Å². The highest BCUT2D eigenvalue weighted by Gasteiger charge is 2.30. The van der Waals surface area contributed by atoms with Gasteiger partial charge in [-0.2, -0.15) is 0 Å². The molecule has 1 N–H and O–H groups in total. The molecule has 1 heterocycles. The molecule has 1 aliphatic heterocycles. The molecule has 1 fully saturated rings. The van der Waals surface area contributed by atoms with E-state index in [0.717, 1.165) is 13.0 Å². The summed E-state index contributed by atoms with van der Waals surface area (Å²) in [7, 11) is 0. The number of carboxylic acids is 1. The lowest BCUT2D eigenvalue weighted by molar-refractivity contribution is -0.151. The monoisotopic (exact) mass is 215 g/mol. The lowest BCUT2D eigenvalue weighted by atomic mass is 10.1. The molecule has 0 aromatic heterocycles. The number of hydrogen-bond acceptors (Lipinski definition) is 3. The van der Waals surface area contributed by atoms with Gasteiger partial charge in [0, 0.05) is 25.7 Å². The van der Waals surface area contributed by atoms with Crippen LogP contribution in [-0.4, -0.2) is 47.8 Å². The van der Waals surface area contributed by atoms with E-state index in [1.54, 1.807) is 0 Å². The molecular formula is C11H21NO3. The maximum atomic E-state index is 10.9. The molecule has 1 rings (SSSR count). The molecule has 15 heavy (non-hydrogen) atoms. The van der Waals surface area contributed by atoms with E-state index in [4.69, 9.17) is 9.84 Å². The van der Waals surface area contributed by atoms with Gasteiger partial charge in [0.25, 0.3) is 0 Å². The molecule has 1 aliphatic rings. The number of nitrogens with zero attached hydrogens (tertiary/aromatic N) is 1. The molecule has 0 saturated carbocycles. The van der Waals surface area contributed by atoms with Gasteiger partial charge in [0.1, 0.15) is 0 Å². The Kier molecular flexibility index (Phi) is 4.54. The topological polar surface area (TPSA) is 49.8 Å². The third-order valence-corrected chi connectivity index (χ3v) is 2.96. The van der Waals surface area contributed by atoms with E-state index >= 15 is 0 Å². The molecule has 0 radical (unpaired) electrons. The highest BCUT2D eigenvalue weighted by molar-refractivity contribution is 5.72. The van der Waals surface area contributed by atoms with Crippen LogP contribution in [0.15, 0.2) is 0 Å². The van der Waals surface area contributed by atoms with Crippen LogP contribution in [0, 0.1) is 5.92 Å². The zero-order chi connectivity index (χ0) is 11.4. The van der Waals surface area contributed by atoms with Crippen molar-refractivity contribution in [2.45, 2.75) is 39.3 Å². The first kappa shape index (κ1) is 12.5. The molecule has 0 bridgehead atoms. The van der Waals surface area contributed by atoms with Crippen LogP contribution in [0.5, 0.6) is 0 Å². The molecule has 0 aromatic carbocycles. The Hall–Kier alpha value is -0.610. The van der Waals surface area contributed by atoms with Gasteiger partial charge in [-0.3, -0.25) is 4.90 Å². The van der Waals surface area contributed by atoms with Gasteiger partial charge in [-0.15, -0.1) is 0 Å². The fraction of sp³-hybridized carbons (Fsp3) is 0.909. The first-order valence-corrected chi connectivity index (χ1v) is 5.63. The molecule has 0 aliphatic carbocycles. The average molecular weight is 215 g/mol. The van der Waals surface area contributed by atoms with Gasteiger partial charge in [-0.05, 0) is 26.2 Å². The summed E-state index contributed by atoms with van der Waals surface area (Å²) in [5, 5.41) is 8.97. The summed E-state index contributed by atoms with van der Waals surface area (Å²) in [4.78, 5) is 13.1. The Morgan fingerprint density at radius 1 is 1.60 bits per heavy atom. The van der Waals surface area contributed by atoms with Gasteiger partial charge < -0.3 is 9.84 Å². The van der Waals surface area contributed by atoms with Crippen LogP contribution in [0.25, 0.3) is 0 Å². The Morgan fingerprint density at radius 3 is 2.67 bits per heavy atom. The first-order valence-electron chi connectivity index (χ1n) is 5.63. The van der Waals surface area contributed by atoms with E-state index in [1.807, 2.05) is 6.92 Å². The lowest BCUT2D eigenvalue weighted by Gasteiger charge is -2.24. The number of carbonyl (C=O) groups is 1. The molecular weight excluding hydrogens is 194 g/mol. The third kappa shape index (κ3) is 3.47. The summed E-state index contributed by atoms with van der Waals surface area (Å²) >= 11 is 0. The van der Waals surface area contributed by atoms with Crippen LogP contribution in [-0.2, 0) is 9.53 Å². The van der Waals surface area contributed by atoms with Gasteiger partial charge in [0.05, 0.1) is 0 Å². The van der Waals surface area contributed by atoms with Crippen molar-refractivity contribution < 1.29 is 14.6 Å². The Bertz CT molecular complexity index is 220. The smallest absolute Gasteiger partial charge is 0.334 e. The van der Waals surface area contributed by atoms with Crippen molar-refractivity contribution >= 4 is 5.97 Å². The third-order valence-electron chi connectivity index (χ3n) is 2.96. The van der Waals surface area contributed by atoms with Crippen LogP contribution < -0.4 is 0 Å². The number of hydrogen-bond donors (Lipinski definition) is 1. The van der Waals surface area contributed by atoms with Crippen LogP contribution in [0.1, 0.15) is 27.2 Å². The molecule has 3 atom stereocenters. The zero-order valence-corrected chi connectivity index (χ0v) is 9.77. The quantitative estimate of drug-likeness (QED) is 0.749. The molecule has 88 valence electrons. The minimum atomic E-state index is -0.858. The largest absolute Gasteiger partial charge is 0.479 e. The highest BCUT2D eigenvalue weighted by atomic mass is 16.5. The summed E-state index contributed by atoms with van der Waals surface area (Å²) in [5.74, 6) is -0.195. The molecule has 4 nitrogen and oxygen atoms in total. The molecule has 0 amide bonds. The second-order valence-electron chi connectivity index (χ2n) is 4.43. The van der Waals surface area contributed by atoms with Crippen molar-refractivity contribution in [1.29, 1.82) is 0 Å². The summed E-state index contributed by atoms with van der Waals surface area (Å²) in [6.07, 6.45) is 0.473. The van der Waals surface area contributed by atoms with Crippen molar-refractivity contribution in [3.05, 3.63) is 0 Å². The Balaban J connectivity index is 2.47. The van der Waals surface area contributed by atoms with E-state index < -0.39 is 12.1 Å². The van der Waals surface area contributed by atoms with Crippen molar-refractivity contribution in [3.8, 4) is 0 Å². The number of rotatable bonds is 5. The molecule has 0 spiro atoms. The predicted molar refractivity (Wildman–Crippen MR) is 57.9 cm³/mol. The minimum absolute atomic E-state index is 0.453. The first-order chi connectivity index (χ1) is 7.04. The van der Waals surface area contributed by atoms with Gasteiger partial charge >= 0.3 is 5.97 Å². The van der Waals surface area contributed by atoms with Crippen LogP contribution in [0.3, 0.4) is 0 Å². The van der Waals surface area contributed by atoms with Gasteiger partial charge in [-0.25, -0.2) is 4.79 Å². The van der Waals surface area contributed by atoms with E-state index in [1.165, 1.54) is 0 Å². The maximum Gasteiger partial charge on any atom is 0.334 e. The highest BCUT2D eigenvalue weighted by Crippen LogP contribution is 2.22. The minimum Gasteiger partial charge on any atom is -0.479 e. The average Bonchev–Trinajstić information content (AvgIpc) is 2.44. The molecule has 3 unspecified atom stereocenters. The zero-order valence-electron chi connectivity index (χ0n) is 9.77. The number of ether oxygens (including phenoxy) is 1. The molecule has 1 saturated heterocycles. The van der Waals surface area contributed by atoms with E-state index in [0.29, 0.717) is 25.1 Å².